The molecule has 0 spiro atoms. The zero-order chi connectivity index (χ0) is 19.1. The molecule has 0 aliphatic heterocycles. The molecule has 0 bridgehead atoms. The van der Waals surface area contributed by atoms with E-state index in [0.717, 1.165) is 29.9 Å². The highest BCUT2D eigenvalue weighted by atomic mass is 35.5. The summed E-state index contributed by atoms with van der Waals surface area (Å²) in [6.07, 6.45) is 11.2. The van der Waals surface area contributed by atoms with Gasteiger partial charge in [-0.1, -0.05) is 60.2 Å². The number of hydrogen-bond acceptors (Lipinski definition) is 4. The van der Waals surface area contributed by atoms with Gasteiger partial charge in [0.2, 0.25) is 6.19 Å². The smallest absolute Gasteiger partial charge is 0.205 e. The first kappa shape index (κ1) is 17.6. The summed E-state index contributed by atoms with van der Waals surface area (Å²) in [7, 11) is 0. The summed E-state index contributed by atoms with van der Waals surface area (Å²) in [5, 5.41) is 11.8. The van der Waals surface area contributed by atoms with Crippen molar-refractivity contribution in [1.29, 1.82) is 5.26 Å². The number of nitriles is 1. The van der Waals surface area contributed by atoms with Gasteiger partial charge in [0.1, 0.15) is 0 Å². The highest BCUT2D eigenvalue weighted by molar-refractivity contribution is 7.15. The normalized spacial score (nSPS) is 24.7. The Morgan fingerprint density at radius 3 is 2.96 bits per heavy atom. The Morgan fingerprint density at radius 1 is 1.25 bits per heavy atom. The van der Waals surface area contributed by atoms with Crippen LogP contribution >= 0.6 is 22.9 Å². The van der Waals surface area contributed by atoms with Crippen LogP contribution in [0.4, 0.5) is 0 Å². The lowest BCUT2D eigenvalue weighted by molar-refractivity contribution is 0.363. The van der Waals surface area contributed by atoms with Gasteiger partial charge in [-0.2, -0.15) is 10.3 Å². The van der Waals surface area contributed by atoms with Crippen LogP contribution in [0.15, 0.2) is 53.7 Å². The van der Waals surface area contributed by atoms with Gasteiger partial charge in [-0.15, -0.1) is 11.3 Å². The number of aliphatic imine (C=N–C) groups is 1. The third-order valence-corrected chi connectivity index (χ3v) is 7.23. The van der Waals surface area contributed by atoms with Crippen molar-refractivity contribution in [3.63, 3.8) is 0 Å². The summed E-state index contributed by atoms with van der Waals surface area (Å²) < 4.78 is 0.567. The second-order valence-corrected chi connectivity index (χ2v) is 9.16. The van der Waals surface area contributed by atoms with Crippen LogP contribution in [0.25, 0.3) is 16.8 Å². The molecule has 3 unspecified atom stereocenters. The lowest BCUT2D eigenvalue weighted by atomic mass is 9.64. The number of nitrogens with zero attached hydrogens (tertiary/aromatic N) is 3. The van der Waals surface area contributed by atoms with E-state index in [-0.39, 0.29) is 5.92 Å². The minimum atomic E-state index is 0.214. The van der Waals surface area contributed by atoms with E-state index in [4.69, 9.17) is 11.6 Å². The van der Waals surface area contributed by atoms with Crippen molar-refractivity contribution >= 4 is 45.5 Å². The van der Waals surface area contributed by atoms with Crippen molar-refractivity contribution in [3.8, 4) is 6.19 Å². The minimum Gasteiger partial charge on any atom is -0.233 e. The molecule has 1 saturated carbocycles. The van der Waals surface area contributed by atoms with Crippen molar-refractivity contribution in [1.82, 2.24) is 4.98 Å². The molecule has 2 aromatic carbocycles. The molecule has 3 nitrogen and oxygen atoms in total. The lowest BCUT2D eigenvalue weighted by Crippen LogP contribution is -2.35. The zero-order valence-corrected chi connectivity index (χ0v) is 16.7. The van der Waals surface area contributed by atoms with Gasteiger partial charge in [0.15, 0.2) is 4.47 Å². The molecular formula is C23H18ClN3S. The number of aromatic nitrogens is 1. The minimum absolute atomic E-state index is 0.214. The molecule has 0 amide bonds. The standard InChI is InChI=1S/C23H18ClN3S/c24-23-26-12-15(28-23)11-21-20-8-7-17-16-4-2-1-3-14(16)5-6-18(17)19(20)9-10-22(21)27-13-25/h1-8,12,19-21H,9-11H2. The molecule has 0 radical (unpaired) electrons. The first-order valence-electron chi connectivity index (χ1n) is 9.50. The number of hydrogen-bond donors (Lipinski definition) is 0. The number of rotatable bonds is 2. The number of allylic oxidation sites excluding steroid dienone is 1. The Balaban J connectivity index is 1.57. The third kappa shape index (κ3) is 2.96. The van der Waals surface area contributed by atoms with Crippen molar-refractivity contribution in [2.45, 2.75) is 25.2 Å². The fraction of sp³-hybridized carbons (Fsp3) is 0.261. The Morgan fingerprint density at radius 2 is 2.14 bits per heavy atom. The fourth-order valence-electron chi connectivity index (χ4n) is 4.90. The Labute approximate surface area is 173 Å². The first-order valence-corrected chi connectivity index (χ1v) is 10.7. The van der Waals surface area contributed by atoms with E-state index in [1.807, 2.05) is 12.4 Å². The van der Waals surface area contributed by atoms with Crippen molar-refractivity contribution in [2.75, 3.05) is 0 Å². The lowest BCUT2D eigenvalue weighted by Gasteiger charge is -2.40. The topological polar surface area (TPSA) is 49.0 Å². The average molecular weight is 404 g/mol. The molecule has 1 heterocycles. The molecular weight excluding hydrogens is 386 g/mol. The highest BCUT2D eigenvalue weighted by Crippen LogP contribution is 2.48. The summed E-state index contributed by atoms with van der Waals surface area (Å²) in [6.45, 7) is 0. The first-order chi connectivity index (χ1) is 13.7. The third-order valence-electron chi connectivity index (χ3n) is 6.10. The van der Waals surface area contributed by atoms with Crippen LogP contribution in [0.2, 0.25) is 4.47 Å². The molecule has 5 heteroatoms. The van der Waals surface area contributed by atoms with Crippen LogP contribution < -0.4 is 0 Å². The van der Waals surface area contributed by atoms with E-state index >= 15 is 0 Å². The van der Waals surface area contributed by atoms with Gasteiger partial charge in [0.25, 0.3) is 0 Å². The van der Waals surface area contributed by atoms with Crippen molar-refractivity contribution in [3.05, 3.63) is 69.1 Å². The summed E-state index contributed by atoms with van der Waals surface area (Å²) in [4.78, 5) is 9.54. The summed E-state index contributed by atoms with van der Waals surface area (Å²) in [6, 6.07) is 13.1. The molecule has 1 aromatic heterocycles. The van der Waals surface area contributed by atoms with Gasteiger partial charge in [-0.05, 0) is 53.0 Å². The molecule has 138 valence electrons. The van der Waals surface area contributed by atoms with E-state index in [9.17, 15) is 5.26 Å². The molecule has 1 fully saturated rings. The van der Waals surface area contributed by atoms with Crippen molar-refractivity contribution < 1.29 is 0 Å². The summed E-state index contributed by atoms with van der Waals surface area (Å²) in [5.41, 5.74) is 3.79. The maximum Gasteiger partial charge on any atom is 0.205 e. The van der Waals surface area contributed by atoms with Gasteiger partial charge in [0, 0.05) is 22.7 Å². The number of halogens is 1. The maximum absolute atomic E-state index is 9.19. The molecule has 28 heavy (non-hydrogen) atoms. The monoisotopic (exact) mass is 403 g/mol. The number of thiazole rings is 1. The Hall–Kier alpha value is -2.48. The predicted octanol–water partition coefficient (Wildman–Crippen LogP) is 6.25. The van der Waals surface area contributed by atoms with Gasteiger partial charge in [0.05, 0.1) is 0 Å². The van der Waals surface area contributed by atoms with Gasteiger partial charge in [-0.3, -0.25) is 0 Å². The fourth-order valence-corrected chi connectivity index (χ4v) is 5.93. The quantitative estimate of drug-likeness (QED) is 0.474. The van der Waals surface area contributed by atoms with Crippen LogP contribution in [0.3, 0.4) is 0 Å². The highest BCUT2D eigenvalue weighted by Gasteiger charge is 2.39. The second-order valence-electron chi connectivity index (χ2n) is 7.46. The largest absolute Gasteiger partial charge is 0.233 e. The summed E-state index contributed by atoms with van der Waals surface area (Å²) in [5.74, 6) is 1.01. The predicted molar refractivity (Wildman–Crippen MR) is 116 cm³/mol. The number of fused-ring (bicyclic) bond motifs is 5. The van der Waals surface area contributed by atoms with Crippen molar-refractivity contribution in [2.24, 2.45) is 16.8 Å². The van der Waals surface area contributed by atoms with Gasteiger partial charge in [-0.25, -0.2) is 4.98 Å². The van der Waals surface area contributed by atoms with Crippen LogP contribution in [0, 0.1) is 23.3 Å². The molecule has 3 atom stereocenters. The Bertz CT molecular complexity index is 1150. The van der Waals surface area contributed by atoms with Crippen LogP contribution in [0.1, 0.15) is 34.8 Å². The molecule has 2 aliphatic carbocycles. The Kier molecular flexibility index (Phi) is 4.50. The van der Waals surface area contributed by atoms with E-state index in [0.29, 0.717) is 16.3 Å². The van der Waals surface area contributed by atoms with E-state index in [1.165, 1.54) is 33.2 Å². The van der Waals surface area contributed by atoms with Crippen LogP contribution in [-0.2, 0) is 6.42 Å². The maximum atomic E-state index is 9.19. The molecule has 0 saturated heterocycles. The van der Waals surface area contributed by atoms with Crippen LogP contribution in [0.5, 0.6) is 0 Å². The molecule has 0 N–H and O–H groups in total. The number of benzene rings is 2. The van der Waals surface area contributed by atoms with Gasteiger partial charge < -0.3 is 0 Å². The van der Waals surface area contributed by atoms with E-state index < -0.39 is 0 Å². The van der Waals surface area contributed by atoms with E-state index in [2.05, 4.69) is 58.5 Å². The van der Waals surface area contributed by atoms with Crippen LogP contribution in [-0.4, -0.2) is 10.7 Å². The molecule has 3 aromatic rings. The molecule has 5 rings (SSSR count). The SMILES string of the molecule is N#CN=C1CCC2c3ccc4ccccc4c3C=CC2C1Cc1cnc(Cl)s1. The zero-order valence-electron chi connectivity index (χ0n) is 15.2. The molecule has 2 aliphatic rings. The average Bonchev–Trinajstić information content (AvgIpc) is 3.14. The second kappa shape index (κ2) is 7.16. The summed E-state index contributed by atoms with van der Waals surface area (Å²) >= 11 is 7.57. The van der Waals surface area contributed by atoms with E-state index in [1.54, 1.807) is 0 Å². The van der Waals surface area contributed by atoms with Gasteiger partial charge >= 0.3 is 0 Å².